The minimum atomic E-state index is -5.01. The molecule has 0 heterocycles. The van der Waals surface area contributed by atoms with Crippen LogP contribution in [0.25, 0.3) is 0 Å². The van der Waals surface area contributed by atoms with E-state index >= 15 is 0 Å². The molecule has 0 spiro atoms. The molecule has 2 rings (SSSR count). The van der Waals surface area contributed by atoms with Gasteiger partial charge in [-0.3, -0.25) is 0 Å². The second-order valence-electron chi connectivity index (χ2n) is 5.88. The van der Waals surface area contributed by atoms with Crippen LogP contribution in [0.2, 0.25) is 0 Å². The molecule has 1 aromatic rings. The van der Waals surface area contributed by atoms with Crippen LogP contribution in [0.3, 0.4) is 0 Å². The van der Waals surface area contributed by atoms with Gasteiger partial charge in [0.2, 0.25) is 0 Å². The molecule has 0 N–H and O–H groups in total. The van der Waals surface area contributed by atoms with Crippen LogP contribution in [0.1, 0.15) is 56.6 Å². The van der Waals surface area contributed by atoms with Crippen molar-refractivity contribution >= 4 is 7.82 Å². The second kappa shape index (κ2) is 10.3. The number of hydrogen-bond acceptors (Lipinski definition) is 5. The molecule has 1 aliphatic rings. The number of ether oxygens (including phenoxy) is 1. The summed E-state index contributed by atoms with van der Waals surface area (Å²) in [5.41, 5.74) is 2.05. The molecule has 5 nitrogen and oxygen atoms in total. The van der Waals surface area contributed by atoms with Gasteiger partial charge in [0.05, 0.1) is 7.82 Å². The number of rotatable bonds is 7. The molecule has 0 amide bonds. The van der Waals surface area contributed by atoms with Crippen LogP contribution in [0.4, 0.5) is 0 Å². The SMILES string of the molecule is CC(C)c1cccc(C(C)C2CC2)c1OCOP(=O)([O-])[O-].[Na+].[Na+]. The smallest absolute Gasteiger partial charge is 0.790 e. The largest absolute Gasteiger partial charge is 1.00 e. The maximum atomic E-state index is 10.5. The number of benzene rings is 1. The zero-order valence-corrected chi connectivity index (χ0v) is 19.5. The van der Waals surface area contributed by atoms with Gasteiger partial charge in [0.1, 0.15) is 5.75 Å². The van der Waals surface area contributed by atoms with Crippen molar-refractivity contribution in [2.45, 2.75) is 45.4 Å². The summed E-state index contributed by atoms with van der Waals surface area (Å²) in [5.74, 6) is 1.89. The molecule has 1 atom stereocenters. The van der Waals surface area contributed by atoms with Crippen LogP contribution in [0.5, 0.6) is 5.75 Å². The quantitative estimate of drug-likeness (QED) is 0.287. The third-order valence-corrected chi connectivity index (χ3v) is 4.35. The van der Waals surface area contributed by atoms with Crippen LogP contribution < -0.4 is 73.6 Å². The van der Waals surface area contributed by atoms with Crippen molar-refractivity contribution in [2.75, 3.05) is 6.79 Å². The first-order valence-corrected chi connectivity index (χ1v) is 8.68. The molecule has 1 aromatic carbocycles. The van der Waals surface area contributed by atoms with Crippen molar-refractivity contribution in [3.63, 3.8) is 0 Å². The van der Waals surface area contributed by atoms with E-state index in [1.54, 1.807) is 0 Å². The van der Waals surface area contributed by atoms with Crippen LogP contribution in [0.15, 0.2) is 18.2 Å². The average molecular weight is 358 g/mol. The van der Waals surface area contributed by atoms with E-state index in [2.05, 4.69) is 11.4 Å². The normalized spacial score (nSPS) is 15.6. The first-order chi connectivity index (χ1) is 9.79. The predicted molar refractivity (Wildman–Crippen MR) is 75.9 cm³/mol. The molecule has 1 aliphatic carbocycles. The molecule has 23 heavy (non-hydrogen) atoms. The molecule has 118 valence electrons. The number of hydrogen-bond donors (Lipinski definition) is 0. The zero-order chi connectivity index (χ0) is 15.6. The minimum absolute atomic E-state index is 0. The van der Waals surface area contributed by atoms with Crippen molar-refractivity contribution in [2.24, 2.45) is 5.92 Å². The Bertz CT molecular complexity index is 543. The molecular weight excluding hydrogens is 337 g/mol. The van der Waals surface area contributed by atoms with Crippen LogP contribution >= 0.6 is 7.82 Å². The minimum Gasteiger partial charge on any atom is -0.790 e. The Morgan fingerprint density at radius 3 is 2.22 bits per heavy atom. The summed E-state index contributed by atoms with van der Waals surface area (Å²) >= 11 is 0. The molecule has 0 radical (unpaired) electrons. The summed E-state index contributed by atoms with van der Waals surface area (Å²) < 4.78 is 20.3. The summed E-state index contributed by atoms with van der Waals surface area (Å²) in [7, 11) is -5.01. The summed E-state index contributed by atoms with van der Waals surface area (Å²) in [6.45, 7) is 5.66. The standard InChI is InChI=1S/C15H23O5P.2Na/c1-10(2)13-5-4-6-14(11(3)12-7-8-12)15(13)19-9-20-21(16,17)18;;/h4-6,10-12H,7-9H2,1-3H3,(H2,16,17,18);;/q;2*+1/p-2. The number of phosphoric ester groups is 1. The van der Waals surface area contributed by atoms with E-state index in [9.17, 15) is 14.4 Å². The second-order valence-corrected chi connectivity index (χ2v) is 7.04. The topological polar surface area (TPSA) is 81.7 Å². The van der Waals surface area contributed by atoms with E-state index in [0.29, 0.717) is 17.6 Å². The summed E-state index contributed by atoms with van der Waals surface area (Å²) in [6, 6.07) is 5.94. The van der Waals surface area contributed by atoms with Crippen molar-refractivity contribution in [3.05, 3.63) is 29.3 Å². The van der Waals surface area contributed by atoms with Crippen molar-refractivity contribution in [3.8, 4) is 5.75 Å². The Labute approximate surface area is 182 Å². The van der Waals surface area contributed by atoms with Crippen molar-refractivity contribution in [1.82, 2.24) is 0 Å². The van der Waals surface area contributed by atoms with E-state index in [1.807, 2.05) is 32.0 Å². The van der Waals surface area contributed by atoms with Gasteiger partial charge in [-0.2, -0.15) is 0 Å². The summed E-state index contributed by atoms with van der Waals surface area (Å²) in [6.07, 6.45) is 2.42. The van der Waals surface area contributed by atoms with Crippen LogP contribution in [-0.4, -0.2) is 6.79 Å². The maximum Gasteiger partial charge on any atom is 1.00 e. The fourth-order valence-electron chi connectivity index (χ4n) is 2.55. The third-order valence-electron chi connectivity index (χ3n) is 3.93. The average Bonchev–Trinajstić information content (AvgIpc) is 3.20. The zero-order valence-electron chi connectivity index (χ0n) is 14.6. The Morgan fingerprint density at radius 2 is 1.74 bits per heavy atom. The van der Waals surface area contributed by atoms with Gasteiger partial charge in [-0.15, -0.1) is 0 Å². The summed E-state index contributed by atoms with van der Waals surface area (Å²) in [4.78, 5) is 21.1. The molecule has 0 aliphatic heterocycles. The third kappa shape index (κ3) is 7.49. The van der Waals surface area contributed by atoms with Gasteiger partial charge >= 0.3 is 59.1 Å². The van der Waals surface area contributed by atoms with Gasteiger partial charge in [0, 0.05) is 0 Å². The van der Waals surface area contributed by atoms with E-state index in [1.165, 1.54) is 12.8 Å². The number of para-hydroxylation sites is 1. The van der Waals surface area contributed by atoms with Crippen LogP contribution in [-0.2, 0) is 9.09 Å². The molecule has 0 bridgehead atoms. The molecular formula is C15H21Na2O5P. The van der Waals surface area contributed by atoms with Gasteiger partial charge in [0.15, 0.2) is 6.79 Å². The molecule has 1 fully saturated rings. The molecule has 1 unspecified atom stereocenters. The maximum absolute atomic E-state index is 10.5. The van der Waals surface area contributed by atoms with Gasteiger partial charge in [0.25, 0.3) is 0 Å². The number of phosphoric acid groups is 1. The first kappa shape index (κ1) is 24.1. The van der Waals surface area contributed by atoms with E-state index in [-0.39, 0.29) is 65.0 Å². The Hall–Kier alpha value is 1.13. The monoisotopic (exact) mass is 358 g/mol. The van der Waals surface area contributed by atoms with Gasteiger partial charge in [-0.1, -0.05) is 39.0 Å². The van der Waals surface area contributed by atoms with Gasteiger partial charge in [-0.25, -0.2) is 0 Å². The van der Waals surface area contributed by atoms with Crippen LogP contribution in [0, 0.1) is 5.92 Å². The predicted octanol–water partition coefficient (Wildman–Crippen LogP) is -3.49. The van der Waals surface area contributed by atoms with E-state index < -0.39 is 14.6 Å². The Kier molecular flexibility index (Phi) is 10.8. The summed E-state index contributed by atoms with van der Waals surface area (Å²) in [5, 5.41) is 0. The fourth-order valence-corrected chi connectivity index (χ4v) is 2.74. The molecule has 1 saturated carbocycles. The van der Waals surface area contributed by atoms with Crippen molar-refractivity contribution < 1.29 is 82.7 Å². The van der Waals surface area contributed by atoms with E-state index in [0.717, 1.165) is 11.1 Å². The van der Waals surface area contributed by atoms with Crippen molar-refractivity contribution in [1.29, 1.82) is 0 Å². The molecule has 8 heteroatoms. The molecule has 0 saturated heterocycles. The van der Waals surface area contributed by atoms with Gasteiger partial charge in [-0.05, 0) is 41.7 Å². The Morgan fingerprint density at radius 1 is 1.17 bits per heavy atom. The molecule has 0 aromatic heterocycles. The first-order valence-electron chi connectivity index (χ1n) is 7.22. The van der Waals surface area contributed by atoms with E-state index in [4.69, 9.17) is 4.74 Å². The van der Waals surface area contributed by atoms with Gasteiger partial charge < -0.3 is 23.6 Å². The fraction of sp³-hybridized carbons (Fsp3) is 0.600. The Balaban J connectivity index is 0.00000242.